The monoisotopic (exact) mass is 165 g/mol. The molecule has 3 aliphatic rings. The molecule has 3 fully saturated rings. The summed E-state index contributed by atoms with van der Waals surface area (Å²) in [5, 5.41) is 0. The van der Waals surface area contributed by atoms with Crippen LogP contribution >= 0.6 is 0 Å². The minimum Gasteiger partial charge on any atom is -0.375 e. The molecule has 1 heteroatoms. The summed E-state index contributed by atoms with van der Waals surface area (Å²) in [5.41, 5.74) is 1.61. The number of nitrogens with zero attached hydrogens (tertiary/aromatic N) is 1. The van der Waals surface area contributed by atoms with E-state index in [0.29, 0.717) is 0 Å². The molecule has 3 rings (SSSR count). The smallest absolute Gasteiger partial charge is 0.0205 e. The molecule has 3 heterocycles. The van der Waals surface area contributed by atoms with E-state index in [9.17, 15) is 0 Å². The summed E-state index contributed by atoms with van der Waals surface area (Å²) in [7, 11) is 0. The number of allylic oxidation sites excluding steroid dienone is 2. The van der Waals surface area contributed by atoms with Crippen LogP contribution in [-0.4, -0.2) is 18.0 Å². The SMILES string of the molecule is C/C=C1/C[C@@H]2CCN1C[C@@H]2CC. The molecular weight excluding hydrogens is 146 g/mol. The van der Waals surface area contributed by atoms with Crippen molar-refractivity contribution in [2.45, 2.75) is 33.1 Å². The van der Waals surface area contributed by atoms with Gasteiger partial charge in [0.05, 0.1) is 0 Å². The van der Waals surface area contributed by atoms with Gasteiger partial charge in [-0.2, -0.15) is 0 Å². The summed E-state index contributed by atoms with van der Waals surface area (Å²) in [4.78, 5) is 2.59. The Balaban J connectivity index is 2.11. The second-order valence-electron chi connectivity index (χ2n) is 4.15. The molecule has 12 heavy (non-hydrogen) atoms. The molecule has 0 aliphatic carbocycles. The van der Waals surface area contributed by atoms with Gasteiger partial charge in [-0.3, -0.25) is 0 Å². The predicted molar refractivity (Wildman–Crippen MR) is 51.8 cm³/mol. The Morgan fingerprint density at radius 2 is 2.42 bits per heavy atom. The summed E-state index contributed by atoms with van der Waals surface area (Å²) >= 11 is 0. The average Bonchev–Trinajstić information content (AvgIpc) is 2.18. The molecule has 0 unspecified atom stereocenters. The number of piperidine rings is 3. The highest BCUT2D eigenvalue weighted by atomic mass is 15.2. The second kappa shape index (κ2) is 3.12. The highest BCUT2D eigenvalue weighted by Gasteiger charge is 2.34. The van der Waals surface area contributed by atoms with Crippen LogP contribution in [0.2, 0.25) is 0 Å². The Hall–Kier alpha value is -0.460. The Labute approximate surface area is 75.4 Å². The van der Waals surface area contributed by atoms with Gasteiger partial charge in [-0.05, 0) is 31.6 Å². The van der Waals surface area contributed by atoms with Gasteiger partial charge in [0.1, 0.15) is 0 Å². The van der Waals surface area contributed by atoms with Crippen molar-refractivity contribution >= 4 is 0 Å². The van der Waals surface area contributed by atoms with E-state index in [-0.39, 0.29) is 0 Å². The molecule has 2 atom stereocenters. The van der Waals surface area contributed by atoms with Crippen molar-refractivity contribution < 1.29 is 0 Å². The van der Waals surface area contributed by atoms with E-state index in [1.54, 1.807) is 5.70 Å². The first kappa shape index (κ1) is 8.15. The van der Waals surface area contributed by atoms with Crippen molar-refractivity contribution in [3.05, 3.63) is 11.8 Å². The lowest BCUT2D eigenvalue weighted by molar-refractivity contribution is 0.0884. The molecule has 0 saturated carbocycles. The van der Waals surface area contributed by atoms with Crippen molar-refractivity contribution in [3.8, 4) is 0 Å². The van der Waals surface area contributed by atoms with Gasteiger partial charge in [-0.25, -0.2) is 0 Å². The first-order valence-electron chi connectivity index (χ1n) is 5.25. The molecule has 68 valence electrons. The van der Waals surface area contributed by atoms with E-state index in [1.807, 2.05) is 0 Å². The molecule has 3 saturated heterocycles. The van der Waals surface area contributed by atoms with Crippen LogP contribution in [0.25, 0.3) is 0 Å². The Morgan fingerprint density at radius 3 is 2.92 bits per heavy atom. The zero-order valence-corrected chi connectivity index (χ0v) is 8.21. The normalized spacial score (nSPS) is 37.8. The quantitative estimate of drug-likeness (QED) is 0.577. The molecular formula is C11H19N. The zero-order chi connectivity index (χ0) is 8.55. The van der Waals surface area contributed by atoms with Crippen molar-refractivity contribution in [1.29, 1.82) is 0 Å². The van der Waals surface area contributed by atoms with Gasteiger partial charge in [-0.1, -0.05) is 19.4 Å². The topological polar surface area (TPSA) is 3.24 Å². The Morgan fingerprint density at radius 1 is 1.58 bits per heavy atom. The Bertz CT molecular complexity index is 195. The van der Waals surface area contributed by atoms with Crippen LogP contribution in [0.5, 0.6) is 0 Å². The molecule has 0 amide bonds. The lowest BCUT2D eigenvalue weighted by atomic mass is 9.76. The third-order valence-electron chi connectivity index (χ3n) is 3.63. The highest BCUT2D eigenvalue weighted by Crippen LogP contribution is 2.39. The third kappa shape index (κ3) is 1.16. The number of hydrogen-bond acceptors (Lipinski definition) is 1. The zero-order valence-electron chi connectivity index (χ0n) is 8.21. The van der Waals surface area contributed by atoms with Gasteiger partial charge < -0.3 is 4.90 Å². The number of rotatable bonds is 1. The summed E-state index contributed by atoms with van der Waals surface area (Å²) in [6.45, 7) is 7.17. The fraction of sp³-hybridized carbons (Fsp3) is 0.818. The summed E-state index contributed by atoms with van der Waals surface area (Å²) in [6, 6.07) is 0. The van der Waals surface area contributed by atoms with E-state index in [2.05, 4.69) is 24.8 Å². The first-order chi connectivity index (χ1) is 5.85. The van der Waals surface area contributed by atoms with Gasteiger partial charge in [0, 0.05) is 18.8 Å². The molecule has 0 aromatic carbocycles. The first-order valence-corrected chi connectivity index (χ1v) is 5.25. The van der Waals surface area contributed by atoms with Crippen molar-refractivity contribution in [1.82, 2.24) is 4.90 Å². The Kier molecular flexibility index (Phi) is 2.12. The molecule has 0 spiro atoms. The van der Waals surface area contributed by atoms with Crippen LogP contribution in [0.3, 0.4) is 0 Å². The fourth-order valence-electron chi connectivity index (χ4n) is 2.77. The van der Waals surface area contributed by atoms with Crippen LogP contribution in [0.15, 0.2) is 11.8 Å². The predicted octanol–water partition coefficient (Wildman–Crippen LogP) is 2.64. The van der Waals surface area contributed by atoms with Crippen LogP contribution in [-0.2, 0) is 0 Å². The minimum absolute atomic E-state index is 0.988. The van der Waals surface area contributed by atoms with Gasteiger partial charge >= 0.3 is 0 Å². The average molecular weight is 165 g/mol. The maximum absolute atomic E-state index is 2.59. The molecule has 2 bridgehead atoms. The lowest BCUT2D eigenvalue weighted by Gasteiger charge is -2.47. The molecule has 1 nitrogen and oxygen atoms in total. The van der Waals surface area contributed by atoms with Gasteiger partial charge in [0.2, 0.25) is 0 Å². The van der Waals surface area contributed by atoms with Gasteiger partial charge in [0.25, 0.3) is 0 Å². The third-order valence-corrected chi connectivity index (χ3v) is 3.63. The summed E-state index contributed by atoms with van der Waals surface area (Å²) in [6.07, 6.45) is 6.47. The van der Waals surface area contributed by atoms with Crippen LogP contribution in [0, 0.1) is 11.8 Å². The van der Waals surface area contributed by atoms with E-state index in [0.717, 1.165) is 11.8 Å². The molecule has 3 aliphatic heterocycles. The van der Waals surface area contributed by atoms with Crippen LogP contribution in [0.4, 0.5) is 0 Å². The maximum atomic E-state index is 2.59. The largest absolute Gasteiger partial charge is 0.375 e. The van der Waals surface area contributed by atoms with Crippen LogP contribution in [0.1, 0.15) is 33.1 Å². The fourth-order valence-corrected chi connectivity index (χ4v) is 2.77. The van der Waals surface area contributed by atoms with E-state index in [1.165, 1.54) is 32.4 Å². The van der Waals surface area contributed by atoms with E-state index >= 15 is 0 Å². The van der Waals surface area contributed by atoms with Gasteiger partial charge in [-0.15, -0.1) is 0 Å². The second-order valence-corrected chi connectivity index (χ2v) is 4.15. The molecule has 0 N–H and O–H groups in total. The molecule has 0 radical (unpaired) electrons. The van der Waals surface area contributed by atoms with E-state index in [4.69, 9.17) is 0 Å². The van der Waals surface area contributed by atoms with Crippen LogP contribution < -0.4 is 0 Å². The molecule has 0 aromatic rings. The van der Waals surface area contributed by atoms with Crippen molar-refractivity contribution in [2.75, 3.05) is 13.1 Å². The van der Waals surface area contributed by atoms with Crippen molar-refractivity contribution in [3.63, 3.8) is 0 Å². The highest BCUT2D eigenvalue weighted by molar-refractivity contribution is 5.09. The van der Waals surface area contributed by atoms with Gasteiger partial charge in [0.15, 0.2) is 0 Å². The summed E-state index contributed by atoms with van der Waals surface area (Å²) in [5.74, 6) is 1.99. The standard InChI is InChI=1S/C11H19N/c1-3-9-8-12-6-5-10(9)7-11(12)4-2/h4,9-10H,3,5-8H2,1-2H3/b11-4-/t9-,10-/m0/s1. The maximum Gasteiger partial charge on any atom is 0.0205 e. The van der Waals surface area contributed by atoms with E-state index < -0.39 is 0 Å². The lowest BCUT2D eigenvalue weighted by Crippen LogP contribution is -2.45. The molecule has 0 aromatic heterocycles. The number of fused-ring (bicyclic) bond motifs is 3. The minimum atomic E-state index is 0.988. The number of hydrogen-bond donors (Lipinski definition) is 0. The summed E-state index contributed by atoms with van der Waals surface area (Å²) < 4.78 is 0. The van der Waals surface area contributed by atoms with Crippen molar-refractivity contribution in [2.24, 2.45) is 11.8 Å².